The Labute approximate surface area is 173 Å². The molecule has 30 heavy (non-hydrogen) atoms. The van der Waals surface area contributed by atoms with Crippen LogP contribution in [0.15, 0.2) is 54.9 Å². The fraction of sp³-hybridized carbons (Fsp3) is 0.261. The quantitative estimate of drug-likeness (QED) is 0.611. The van der Waals surface area contributed by atoms with Gasteiger partial charge in [-0.3, -0.25) is 4.79 Å². The number of benzene rings is 2. The summed E-state index contributed by atoms with van der Waals surface area (Å²) in [6, 6.07) is 12.0. The smallest absolute Gasteiger partial charge is 0.341 e. The Kier molecular flexibility index (Phi) is 5.61. The minimum Gasteiger partial charge on any atom is -0.465 e. The molecule has 0 unspecified atom stereocenters. The molecule has 0 saturated carbocycles. The van der Waals surface area contributed by atoms with Gasteiger partial charge in [-0.05, 0) is 43.0 Å². The van der Waals surface area contributed by atoms with Crippen LogP contribution in [0.1, 0.15) is 40.0 Å². The third-order valence-electron chi connectivity index (χ3n) is 5.30. The van der Waals surface area contributed by atoms with Gasteiger partial charge in [-0.2, -0.15) is 5.10 Å². The first-order chi connectivity index (χ1) is 14.6. The SMILES string of the molecule is COC(=O)c1cnn(-c2cccc(-c3cccc(C(=O)N4CCCCC4)c3F)c2)c1. The lowest BCUT2D eigenvalue weighted by molar-refractivity contribution is 0.0600. The van der Waals surface area contributed by atoms with E-state index in [9.17, 15) is 9.59 Å². The molecule has 1 aliphatic rings. The molecule has 1 fully saturated rings. The molecular formula is C23H22FN3O3. The average molecular weight is 407 g/mol. The summed E-state index contributed by atoms with van der Waals surface area (Å²) in [7, 11) is 1.31. The average Bonchev–Trinajstić information content (AvgIpc) is 3.29. The number of rotatable bonds is 4. The summed E-state index contributed by atoms with van der Waals surface area (Å²) < 4.78 is 21.5. The van der Waals surface area contributed by atoms with E-state index >= 15 is 4.39 Å². The highest BCUT2D eigenvalue weighted by molar-refractivity contribution is 5.96. The molecule has 2 aromatic carbocycles. The van der Waals surface area contributed by atoms with Gasteiger partial charge in [-0.1, -0.05) is 24.3 Å². The Morgan fingerprint density at radius 3 is 2.60 bits per heavy atom. The zero-order valence-corrected chi connectivity index (χ0v) is 16.7. The molecule has 154 valence electrons. The third kappa shape index (κ3) is 3.83. The van der Waals surface area contributed by atoms with Crippen molar-refractivity contribution in [2.45, 2.75) is 19.3 Å². The van der Waals surface area contributed by atoms with Gasteiger partial charge in [-0.25, -0.2) is 13.9 Å². The zero-order valence-electron chi connectivity index (χ0n) is 16.7. The van der Waals surface area contributed by atoms with Crippen molar-refractivity contribution in [1.29, 1.82) is 0 Å². The molecule has 0 aliphatic carbocycles. The number of piperidine rings is 1. The molecule has 0 spiro atoms. The van der Waals surface area contributed by atoms with E-state index in [2.05, 4.69) is 5.10 Å². The van der Waals surface area contributed by atoms with Crippen LogP contribution < -0.4 is 0 Å². The minimum absolute atomic E-state index is 0.0897. The fourth-order valence-electron chi connectivity index (χ4n) is 3.69. The number of halogens is 1. The van der Waals surface area contributed by atoms with Crippen molar-refractivity contribution in [3.05, 3.63) is 71.8 Å². The molecule has 0 N–H and O–H groups in total. The first kappa shape index (κ1) is 19.8. The molecule has 1 amide bonds. The van der Waals surface area contributed by atoms with Crippen LogP contribution in [-0.2, 0) is 4.74 Å². The number of nitrogens with zero attached hydrogens (tertiary/aromatic N) is 3. The van der Waals surface area contributed by atoms with Crippen molar-refractivity contribution < 1.29 is 18.7 Å². The van der Waals surface area contributed by atoms with Crippen LogP contribution in [0.25, 0.3) is 16.8 Å². The molecule has 6 nitrogen and oxygen atoms in total. The number of carbonyl (C=O) groups is 2. The molecule has 0 radical (unpaired) electrons. The predicted molar refractivity (Wildman–Crippen MR) is 110 cm³/mol. The number of carbonyl (C=O) groups excluding carboxylic acids is 2. The van der Waals surface area contributed by atoms with Gasteiger partial charge in [0.05, 0.1) is 30.1 Å². The van der Waals surface area contributed by atoms with Gasteiger partial charge in [0.25, 0.3) is 5.91 Å². The van der Waals surface area contributed by atoms with Gasteiger partial charge in [-0.15, -0.1) is 0 Å². The number of ether oxygens (including phenoxy) is 1. The van der Waals surface area contributed by atoms with Crippen molar-refractivity contribution in [2.75, 3.05) is 20.2 Å². The summed E-state index contributed by atoms with van der Waals surface area (Å²) in [5.41, 5.74) is 2.04. The molecular weight excluding hydrogens is 385 g/mol. The maximum atomic E-state index is 15.3. The number of likely N-dealkylation sites (tertiary alicyclic amines) is 1. The van der Waals surface area contributed by atoms with E-state index in [0.29, 0.717) is 35.5 Å². The van der Waals surface area contributed by atoms with E-state index in [1.54, 1.807) is 47.5 Å². The van der Waals surface area contributed by atoms with Crippen molar-refractivity contribution >= 4 is 11.9 Å². The van der Waals surface area contributed by atoms with Crippen molar-refractivity contribution in [1.82, 2.24) is 14.7 Å². The molecule has 0 bridgehead atoms. The minimum atomic E-state index is -0.527. The summed E-state index contributed by atoms with van der Waals surface area (Å²) in [5, 5.41) is 4.18. The van der Waals surface area contributed by atoms with Crippen LogP contribution in [0.4, 0.5) is 4.39 Å². The van der Waals surface area contributed by atoms with E-state index in [1.807, 2.05) is 0 Å². The Hall–Kier alpha value is -3.48. The number of esters is 1. The monoisotopic (exact) mass is 407 g/mol. The summed E-state index contributed by atoms with van der Waals surface area (Å²) in [4.78, 5) is 26.2. The highest BCUT2D eigenvalue weighted by Crippen LogP contribution is 2.28. The third-order valence-corrected chi connectivity index (χ3v) is 5.30. The van der Waals surface area contributed by atoms with Crippen LogP contribution >= 0.6 is 0 Å². The number of hydrogen-bond donors (Lipinski definition) is 0. The number of hydrogen-bond acceptors (Lipinski definition) is 4. The van der Waals surface area contributed by atoms with Crippen LogP contribution in [0.2, 0.25) is 0 Å². The molecule has 4 rings (SSSR count). The summed E-state index contributed by atoms with van der Waals surface area (Å²) in [6.45, 7) is 1.33. The maximum absolute atomic E-state index is 15.3. The normalized spacial score (nSPS) is 13.9. The van der Waals surface area contributed by atoms with Gasteiger partial charge in [0.2, 0.25) is 0 Å². The highest BCUT2D eigenvalue weighted by atomic mass is 19.1. The molecule has 7 heteroatoms. The first-order valence-electron chi connectivity index (χ1n) is 9.90. The molecule has 2 heterocycles. The van der Waals surface area contributed by atoms with Gasteiger partial charge in [0, 0.05) is 24.8 Å². The predicted octanol–water partition coefficient (Wildman–Crippen LogP) is 4.09. The summed E-state index contributed by atoms with van der Waals surface area (Å²) >= 11 is 0. The van der Waals surface area contributed by atoms with Gasteiger partial charge < -0.3 is 9.64 Å². The lowest BCUT2D eigenvalue weighted by Crippen LogP contribution is -2.36. The summed E-state index contributed by atoms with van der Waals surface area (Å²) in [5.74, 6) is -1.27. The lowest BCUT2D eigenvalue weighted by atomic mass is 10.0. The van der Waals surface area contributed by atoms with Crippen molar-refractivity contribution in [3.8, 4) is 16.8 Å². The molecule has 3 aromatic rings. The molecule has 1 aromatic heterocycles. The maximum Gasteiger partial charge on any atom is 0.341 e. The van der Waals surface area contributed by atoms with Crippen LogP contribution in [0.3, 0.4) is 0 Å². The Bertz CT molecular complexity index is 1090. The van der Waals surface area contributed by atoms with Crippen LogP contribution in [-0.4, -0.2) is 46.8 Å². The number of aromatic nitrogens is 2. The zero-order chi connectivity index (χ0) is 21.1. The van der Waals surface area contributed by atoms with Gasteiger partial charge in [0.1, 0.15) is 5.82 Å². The highest BCUT2D eigenvalue weighted by Gasteiger charge is 2.23. The fourth-order valence-corrected chi connectivity index (χ4v) is 3.69. The first-order valence-corrected chi connectivity index (χ1v) is 9.90. The standard InChI is InChI=1S/C23H22FN3O3/c1-30-23(29)17-14-25-27(15-17)18-8-5-7-16(13-18)19-9-6-10-20(21(19)24)22(28)26-11-3-2-4-12-26/h5-10,13-15H,2-4,11-12H2,1H3. The van der Waals surface area contributed by atoms with Crippen molar-refractivity contribution in [3.63, 3.8) is 0 Å². The largest absolute Gasteiger partial charge is 0.465 e. The van der Waals surface area contributed by atoms with Crippen molar-refractivity contribution in [2.24, 2.45) is 0 Å². The van der Waals surface area contributed by atoms with E-state index in [4.69, 9.17) is 4.74 Å². The number of amides is 1. The Morgan fingerprint density at radius 1 is 1.07 bits per heavy atom. The Balaban J connectivity index is 1.66. The van der Waals surface area contributed by atoms with E-state index < -0.39 is 11.8 Å². The second-order valence-electron chi connectivity index (χ2n) is 7.24. The summed E-state index contributed by atoms with van der Waals surface area (Å²) in [6.07, 6.45) is 5.97. The molecule has 1 aliphatic heterocycles. The van der Waals surface area contributed by atoms with E-state index in [0.717, 1.165) is 19.3 Å². The van der Waals surface area contributed by atoms with Gasteiger partial charge >= 0.3 is 5.97 Å². The van der Waals surface area contributed by atoms with E-state index in [1.165, 1.54) is 24.1 Å². The Morgan fingerprint density at radius 2 is 1.83 bits per heavy atom. The molecule has 0 atom stereocenters. The molecule has 1 saturated heterocycles. The van der Waals surface area contributed by atoms with Gasteiger partial charge in [0.15, 0.2) is 0 Å². The topological polar surface area (TPSA) is 64.4 Å². The van der Waals surface area contributed by atoms with Crippen LogP contribution in [0, 0.1) is 5.82 Å². The lowest BCUT2D eigenvalue weighted by Gasteiger charge is -2.27. The second kappa shape index (κ2) is 8.49. The van der Waals surface area contributed by atoms with E-state index in [-0.39, 0.29) is 11.5 Å². The number of methoxy groups -OCH3 is 1. The van der Waals surface area contributed by atoms with Crippen LogP contribution in [0.5, 0.6) is 0 Å². The second-order valence-corrected chi connectivity index (χ2v) is 7.24.